The SMILES string of the molecule is CCOc1cccnc1Br. The summed E-state index contributed by atoms with van der Waals surface area (Å²) in [4.78, 5) is 3.99. The van der Waals surface area contributed by atoms with Crippen LogP contribution in [-0.2, 0) is 0 Å². The van der Waals surface area contributed by atoms with E-state index in [0.29, 0.717) is 6.61 Å². The Morgan fingerprint density at radius 2 is 2.50 bits per heavy atom. The first-order valence-corrected chi connectivity index (χ1v) is 3.87. The van der Waals surface area contributed by atoms with Gasteiger partial charge in [0.25, 0.3) is 0 Å². The van der Waals surface area contributed by atoms with Crippen molar-refractivity contribution in [2.24, 2.45) is 0 Å². The van der Waals surface area contributed by atoms with E-state index in [-0.39, 0.29) is 0 Å². The Morgan fingerprint density at radius 3 is 3.10 bits per heavy atom. The number of nitrogens with zero attached hydrogens (tertiary/aromatic N) is 1. The quantitative estimate of drug-likeness (QED) is 0.686. The van der Waals surface area contributed by atoms with Gasteiger partial charge in [-0.1, -0.05) is 0 Å². The molecule has 0 bridgehead atoms. The van der Waals surface area contributed by atoms with Gasteiger partial charge in [0.15, 0.2) is 5.75 Å². The Labute approximate surface area is 68.4 Å². The minimum Gasteiger partial charge on any atom is -0.491 e. The highest BCUT2D eigenvalue weighted by molar-refractivity contribution is 9.10. The molecule has 10 heavy (non-hydrogen) atoms. The molecule has 54 valence electrons. The van der Waals surface area contributed by atoms with Crippen molar-refractivity contribution in [1.82, 2.24) is 4.98 Å². The van der Waals surface area contributed by atoms with Crippen molar-refractivity contribution < 1.29 is 4.74 Å². The highest BCUT2D eigenvalue weighted by atomic mass is 79.9. The third-order valence-corrected chi connectivity index (χ3v) is 1.62. The minimum absolute atomic E-state index is 0.671. The van der Waals surface area contributed by atoms with Crippen molar-refractivity contribution in [3.8, 4) is 5.75 Å². The molecule has 0 aliphatic heterocycles. The van der Waals surface area contributed by atoms with Crippen molar-refractivity contribution in [1.29, 1.82) is 0 Å². The molecule has 2 nitrogen and oxygen atoms in total. The Morgan fingerprint density at radius 1 is 1.70 bits per heavy atom. The van der Waals surface area contributed by atoms with Crippen LogP contribution in [0.25, 0.3) is 0 Å². The molecule has 3 heteroatoms. The monoisotopic (exact) mass is 201 g/mol. The van der Waals surface area contributed by atoms with Crippen LogP contribution >= 0.6 is 15.9 Å². The van der Waals surface area contributed by atoms with Crippen LogP contribution in [0.4, 0.5) is 0 Å². The summed E-state index contributed by atoms with van der Waals surface area (Å²) in [5.41, 5.74) is 0. The van der Waals surface area contributed by atoms with Crippen molar-refractivity contribution in [3.05, 3.63) is 22.9 Å². The van der Waals surface area contributed by atoms with E-state index >= 15 is 0 Å². The largest absolute Gasteiger partial charge is 0.491 e. The maximum atomic E-state index is 5.23. The lowest BCUT2D eigenvalue weighted by Crippen LogP contribution is -1.92. The van der Waals surface area contributed by atoms with E-state index in [1.54, 1.807) is 6.20 Å². The van der Waals surface area contributed by atoms with Gasteiger partial charge in [-0.15, -0.1) is 0 Å². The molecule has 0 aliphatic carbocycles. The second-order valence-electron chi connectivity index (χ2n) is 1.73. The molecule has 0 N–H and O–H groups in total. The molecule has 0 unspecified atom stereocenters. The summed E-state index contributed by atoms with van der Waals surface area (Å²) >= 11 is 3.26. The molecule has 0 saturated carbocycles. The fourth-order valence-corrected chi connectivity index (χ4v) is 0.999. The number of hydrogen-bond donors (Lipinski definition) is 0. The molecular weight excluding hydrogens is 194 g/mol. The molecule has 1 aromatic rings. The van der Waals surface area contributed by atoms with Gasteiger partial charge in [0.2, 0.25) is 0 Å². The first kappa shape index (κ1) is 7.54. The molecule has 0 saturated heterocycles. The van der Waals surface area contributed by atoms with Crippen LogP contribution in [0.5, 0.6) is 5.75 Å². The second-order valence-corrected chi connectivity index (χ2v) is 2.48. The predicted octanol–water partition coefficient (Wildman–Crippen LogP) is 2.24. The second kappa shape index (κ2) is 3.56. The summed E-state index contributed by atoms with van der Waals surface area (Å²) in [6.45, 7) is 2.61. The predicted molar refractivity (Wildman–Crippen MR) is 43.1 cm³/mol. The summed E-state index contributed by atoms with van der Waals surface area (Å²) in [5.74, 6) is 0.796. The number of pyridine rings is 1. The summed E-state index contributed by atoms with van der Waals surface area (Å²) in [6, 6.07) is 3.72. The number of aromatic nitrogens is 1. The van der Waals surface area contributed by atoms with Crippen molar-refractivity contribution in [2.45, 2.75) is 6.92 Å². The zero-order chi connectivity index (χ0) is 7.40. The average molecular weight is 202 g/mol. The molecule has 0 aliphatic rings. The highest BCUT2D eigenvalue weighted by Crippen LogP contribution is 2.20. The molecule has 0 atom stereocenters. The van der Waals surface area contributed by atoms with Gasteiger partial charge in [-0.05, 0) is 35.0 Å². The fraction of sp³-hybridized carbons (Fsp3) is 0.286. The lowest BCUT2D eigenvalue weighted by molar-refractivity contribution is 0.336. The van der Waals surface area contributed by atoms with Gasteiger partial charge in [-0.2, -0.15) is 0 Å². The van der Waals surface area contributed by atoms with Crippen LogP contribution in [0.3, 0.4) is 0 Å². The van der Waals surface area contributed by atoms with Crippen LogP contribution < -0.4 is 4.74 Å². The topological polar surface area (TPSA) is 22.1 Å². The molecule has 0 radical (unpaired) electrons. The maximum absolute atomic E-state index is 5.23. The molecular formula is C7H8BrNO. The Kier molecular flexibility index (Phi) is 2.68. The normalized spacial score (nSPS) is 9.40. The van der Waals surface area contributed by atoms with Gasteiger partial charge < -0.3 is 4.74 Å². The van der Waals surface area contributed by atoms with E-state index < -0.39 is 0 Å². The van der Waals surface area contributed by atoms with Gasteiger partial charge in [-0.25, -0.2) is 4.98 Å². The first-order valence-electron chi connectivity index (χ1n) is 3.08. The van der Waals surface area contributed by atoms with E-state index in [9.17, 15) is 0 Å². The van der Waals surface area contributed by atoms with Crippen molar-refractivity contribution in [2.75, 3.05) is 6.61 Å². The Bertz CT molecular complexity index is 215. The molecule has 1 rings (SSSR count). The van der Waals surface area contributed by atoms with E-state index in [2.05, 4.69) is 20.9 Å². The van der Waals surface area contributed by atoms with Crippen LogP contribution in [0.2, 0.25) is 0 Å². The van der Waals surface area contributed by atoms with Crippen molar-refractivity contribution in [3.63, 3.8) is 0 Å². The van der Waals surface area contributed by atoms with Crippen LogP contribution in [0.1, 0.15) is 6.92 Å². The van der Waals surface area contributed by atoms with Crippen LogP contribution in [0.15, 0.2) is 22.9 Å². The fourth-order valence-electron chi connectivity index (χ4n) is 0.634. The lowest BCUT2D eigenvalue weighted by Gasteiger charge is -2.02. The van der Waals surface area contributed by atoms with Gasteiger partial charge in [0, 0.05) is 6.20 Å². The number of halogens is 1. The van der Waals surface area contributed by atoms with Crippen molar-refractivity contribution >= 4 is 15.9 Å². The van der Waals surface area contributed by atoms with Crippen LogP contribution in [0, 0.1) is 0 Å². The Hall–Kier alpha value is -0.570. The van der Waals surface area contributed by atoms with Gasteiger partial charge in [0.1, 0.15) is 4.60 Å². The lowest BCUT2D eigenvalue weighted by atomic mass is 10.5. The molecule has 1 heterocycles. The molecule has 1 aromatic heterocycles. The highest BCUT2D eigenvalue weighted by Gasteiger charge is 1.96. The molecule has 0 fully saturated rings. The van der Waals surface area contributed by atoms with Gasteiger partial charge in [0.05, 0.1) is 6.61 Å². The number of rotatable bonds is 2. The molecule has 0 spiro atoms. The average Bonchev–Trinajstić information content (AvgIpc) is 1.94. The summed E-state index contributed by atoms with van der Waals surface area (Å²) in [7, 11) is 0. The summed E-state index contributed by atoms with van der Waals surface area (Å²) in [6.07, 6.45) is 1.71. The molecule has 0 amide bonds. The van der Waals surface area contributed by atoms with E-state index in [1.807, 2.05) is 19.1 Å². The summed E-state index contributed by atoms with van der Waals surface area (Å²) in [5, 5.41) is 0. The minimum atomic E-state index is 0.671. The standard InChI is InChI=1S/C7H8BrNO/c1-2-10-6-4-3-5-9-7(6)8/h3-5H,2H2,1H3. The van der Waals surface area contributed by atoms with E-state index in [4.69, 9.17) is 4.74 Å². The number of hydrogen-bond acceptors (Lipinski definition) is 2. The summed E-state index contributed by atoms with van der Waals surface area (Å²) < 4.78 is 5.99. The first-order chi connectivity index (χ1) is 4.84. The number of ether oxygens (including phenoxy) is 1. The smallest absolute Gasteiger partial charge is 0.152 e. The zero-order valence-corrected chi connectivity index (χ0v) is 7.26. The zero-order valence-electron chi connectivity index (χ0n) is 5.67. The van der Waals surface area contributed by atoms with Gasteiger partial charge >= 0.3 is 0 Å². The maximum Gasteiger partial charge on any atom is 0.152 e. The third-order valence-electron chi connectivity index (χ3n) is 1.02. The van der Waals surface area contributed by atoms with E-state index in [1.165, 1.54) is 0 Å². The van der Waals surface area contributed by atoms with E-state index in [0.717, 1.165) is 10.4 Å². The Balaban J connectivity index is 2.81. The third kappa shape index (κ3) is 1.70. The van der Waals surface area contributed by atoms with Gasteiger partial charge in [-0.3, -0.25) is 0 Å². The van der Waals surface area contributed by atoms with Crippen LogP contribution in [-0.4, -0.2) is 11.6 Å². The molecule has 0 aromatic carbocycles.